The van der Waals surface area contributed by atoms with Crippen LogP contribution in [0.25, 0.3) is 0 Å². The predicted molar refractivity (Wildman–Crippen MR) is 64.9 cm³/mol. The number of ether oxygens (including phenoxy) is 1. The SMILES string of the molecule is COC1CCN(S(=O)(=O)c2c(F)cc(N)cc2F)C1. The van der Waals surface area contributed by atoms with Gasteiger partial charge in [0.15, 0.2) is 4.90 Å². The lowest BCUT2D eigenvalue weighted by molar-refractivity contribution is 0.115. The zero-order chi connectivity index (χ0) is 14.2. The van der Waals surface area contributed by atoms with Crippen LogP contribution in [-0.4, -0.2) is 39.0 Å². The van der Waals surface area contributed by atoms with E-state index in [1.807, 2.05) is 0 Å². The zero-order valence-corrected chi connectivity index (χ0v) is 11.1. The van der Waals surface area contributed by atoms with E-state index >= 15 is 0 Å². The van der Waals surface area contributed by atoms with Crippen molar-refractivity contribution < 1.29 is 21.9 Å². The average molecular weight is 292 g/mol. The third-order valence-corrected chi connectivity index (χ3v) is 4.98. The second-order valence-electron chi connectivity index (χ2n) is 4.32. The smallest absolute Gasteiger partial charge is 0.249 e. The van der Waals surface area contributed by atoms with Crippen LogP contribution in [0.3, 0.4) is 0 Å². The van der Waals surface area contributed by atoms with Crippen molar-refractivity contribution in [3.63, 3.8) is 0 Å². The Balaban J connectivity index is 2.41. The zero-order valence-electron chi connectivity index (χ0n) is 10.3. The first-order chi connectivity index (χ1) is 8.86. The predicted octanol–water partition coefficient (Wildman–Crippen LogP) is 0.956. The van der Waals surface area contributed by atoms with Gasteiger partial charge in [0.05, 0.1) is 6.10 Å². The summed E-state index contributed by atoms with van der Waals surface area (Å²) in [7, 11) is -2.75. The Hall–Kier alpha value is -1.25. The number of rotatable bonds is 3. The van der Waals surface area contributed by atoms with Gasteiger partial charge in [-0.2, -0.15) is 4.31 Å². The first-order valence-corrected chi connectivity index (χ1v) is 7.07. The molecule has 2 N–H and O–H groups in total. The summed E-state index contributed by atoms with van der Waals surface area (Å²) in [6.45, 7) is 0.256. The van der Waals surface area contributed by atoms with Gasteiger partial charge >= 0.3 is 0 Å². The summed E-state index contributed by atoms with van der Waals surface area (Å²) < 4.78 is 57.8. The Morgan fingerprint density at radius 3 is 2.42 bits per heavy atom. The van der Waals surface area contributed by atoms with Crippen molar-refractivity contribution in [2.75, 3.05) is 25.9 Å². The molecule has 2 rings (SSSR count). The lowest BCUT2D eigenvalue weighted by Crippen LogP contribution is -2.31. The number of hydrogen-bond donors (Lipinski definition) is 1. The molecule has 1 aliphatic rings. The van der Waals surface area contributed by atoms with Crippen molar-refractivity contribution in [3.05, 3.63) is 23.8 Å². The minimum atomic E-state index is -4.21. The molecule has 19 heavy (non-hydrogen) atoms. The molecular weight excluding hydrogens is 278 g/mol. The van der Waals surface area contributed by atoms with Crippen molar-refractivity contribution in [2.24, 2.45) is 0 Å². The summed E-state index contributed by atoms with van der Waals surface area (Å²) in [4.78, 5) is -0.960. The Morgan fingerprint density at radius 2 is 1.95 bits per heavy atom. The van der Waals surface area contributed by atoms with Crippen LogP contribution >= 0.6 is 0 Å². The molecular formula is C11H14F2N2O3S. The molecule has 1 unspecified atom stereocenters. The molecule has 8 heteroatoms. The number of benzene rings is 1. The first-order valence-electron chi connectivity index (χ1n) is 5.63. The number of anilines is 1. The molecule has 1 aliphatic heterocycles. The highest BCUT2D eigenvalue weighted by atomic mass is 32.2. The number of nitrogens with two attached hydrogens (primary N) is 1. The summed E-state index contributed by atoms with van der Waals surface area (Å²) in [5.74, 6) is -2.36. The van der Waals surface area contributed by atoms with Gasteiger partial charge in [0, 0.05) is 25.9 Å². The number of methoxy groups -OCH3 is 1. The van der Waals surface area contributed by atoms with Crippen molar-refractivity contribution in [3.8, 4) is 0 Å². The van der Waals surface area contributed by atoms with Gasteiger partial charge < -0.3 is 10.5 Å². The second kappa shape index (κ2) is 5.03. The van der Waals surface area contributed by atoms with Gasteiger partial charge in [-0.25, -0.2) is 17.2 Å². The van der Waals surface area contributed by atoms with E-state index in [0.717, 1.165) is 16.4 Å². The van der Waals surface area contributed by atoms with E-state index in [1.165, 1.54) is 7.11 Å². The molecule has 0 amide bonds. The van der Waals surface area contributed by atoms with Crippen LogP contribution < -0.4 is 5.73 Å². The summed E-state index contributed by atoms with van der Waals surface area (Å²) in [5.41, 5.74) is 5.10. The fourth-order valence-corrected chi connectivity index (χ4v) is 3.64. The molecule has 0 aromatic heterocycles. The van der Waals surface area contributed by atoms with Crippen LogP contribution in [0.5, 0.6) is 0 Å². The maximum absolute atomic E-state index is 13.7. The molecule has 0 bridgehead atoms. The molecule has 1 aromatic rings. The third kappa shape index (κ3) is 2.56. The van der Waals surface area contributed by atoms with Gasteiger partial charge in [-0.15, -0.1) is 0 Å². The van der Waals surface area contributed by atoms with Crippen molar-refractivity contribution in [2.45, 2.75) is 17.4 Å². The molecule has 106 valence electrons. The van der Waals surface area contributed by atoms with E-state index in [2.05, 4.69) is 0 Å². The Kier molecular flexibility index (Phi) is 3.75. The van der Waals surface area contributed by atoms with Crippen LogP contribution in [0, 0.1) is 11.6 Å². The number of hydrogen-bond acceptors (Lipinski definition) is 4. The molecule has 0 spiro atoms. The van der Waals surface area contributed by atoms with Crippen molar-refractivity contribution in [1.29, 1.82) is 0 Å². The average Bonchev–Trinajstić information content (AvgIpc) is 2.75. The molecule has 5 nitrogen and oxygen atoms in total. The lowest BCUT2D eigenvalue weighted by Gasteiger charge is -2.17. The highest BCUT2D eigenvalue weighted by Gasteiger charge is 2.36. The lowest BCUT2D eigenvalue weighted by atomic mass is 10.3. The molecule has 0 aliphatic carbocycles. The van der Waals surface area contributed by atoms with Crippen molar-refractivity contribution >= 4 is 15.7 Å². The fraction of sp³-hybridized carbons (Fsp3) is 0.455. The standard InChI is InChI=1S/C11H14F2N2O3S/c1-18-8-2-3-15(6-8)19(16,17)11-9(12)4-7(14)5-10(11)13/h4-5,8H,2-3,6,14H2,1H3. The largest absolute Gasteiger partial charge is 0.399 e. The molecule has 1 fully saturated rings. The maximum atomic E-state index is 13.7. The normalized spacial score (nSPS) is 20.9. The summed E-state index contributed by atoms with van der Waals surface area (Å²) in [6, 6.07) is 1.58. The van der Waals surface area contributed by atoms with E-state index < -0.39 is 26.6 Å². The second-order valence-corrected chi connectivity index (χ2v) is 6.20. The highest BCUT2D eigenvalue weighted by Crippen LogP contribution is 2.27. The minimum absolute atomic E-state index is 0.0854. The molecule has 1 saturated heterocycles. The van der Waals surface area contributed by atoms with Gasteiger partial charge in [0.2, 0.25) is 10.0 Å². The van der Waals surface area contributed by atoms with Gasteiger partial charge in [-0.05, 0) is 18.6 Å². The van der Waals surface area contributed by atoms with Gasteiger partial charge in [-0.1, -0.05) is 0 Å². The van der Waals surface area contributed by atoms with E-state index in [-0.39, 0.29) is 24.9 Å². The van der Waals surface area contributed by atoms with Crippen LogP contribution in [0.15, 0.2) is 17.0 Å². The van der Waals surface area contributed by atoms with Gasteiger partial charge in [0.1, 0.15) is 11.6 Å². The van der Waals surface area contributed by atoms with Crippen LogP contribution in [0.1, 0.15) is 6.42 Å². The van der Waals surface area contributed by atoms with E-state index in [0.29, 0.717) is 6.42 Å². The number of nitrogen functional groups attached to an aromatic ring is 1. The first kappa shape index (κ1) is 14.2. The minimum Gasteiger partial charge on any atom is -0.399 e. The molecule has 1 aromatic carbocycles. The summed E-state index contributed by atoms with van der Waals surface area (Å²) in [5, 5.41) is 0. The topological polar surface area (TPSA) is 72.6 Å². The fourth-order valence-electron chi connectivity index (χ4n) is 2.06. The van der Waals surface area contributed by atoms with E-state index in [1.54, 1.807) is 0 Å². The highest BCUT2D eigenvalue weighted by molar-refractivity contribution is 7.89. The summed E-state index contributed by atoms with van der Waals surface area (Å²) >= 11 is 0. The van der Waals surface area contributed by atoms with Gasteiger partial charge in [-0.3, -0.25) is 0 Å². The molecule has 1 heterocycles. The number of sulfonamides is 1. The Bertz CT molecular complexity index is 569. The monoisotopic (exact) mass is 292 g/mol. The Morgan fingerprint density at radius 1 is 1.37 bits per heavy atom. The molecule has 0 radical (unpaired) electrons. The third-order valence-electron chi connectivity index (χ3n) is 3.06. The molecule has 0 saturated carbocycles. The van der Waals surface area contributed by atoms with Crippen LogP contribution in [0.2, 0.25) is 0 Å². The number of nitrogens with zero attached hydrogens (tertiary/aromatic N) is 1. The number of halogens is 2. The molecule has 1 atom stereocenters. The quantitative estimate of drug-likeness (QED) is 0.842. The maximum Gasteiger partial charge on any atom is 0.249 e. The Labute approximate surface area is 110 Å². The van der Waals surface area contributed by atoms with E-state index in [9.17, 15) is 17.2 Å². The van der Waals surface area contributed by atoms with Crippen LogP contribution in [0.4, 0.5) is 14.5 Å². The van der Waals surface area contributed by atoms with Crippen LogP contribution in [-0.2, 0) is 14.8 Å². The van der Waals surface area contributed by atoms with E-state index in [4.69, 9.17) is 10.5 Å². The van der Waals surface area contributed by atoms with Crippen molar-refractivity contribution in [1.82, 2.24) is 4.31 Å². The van der Waals surface area contributed by atoms with Gasteiger partial charge in [0.25, 0.3) is 0 Å². The summed E-state index contributed by atoms with van der Waals surface area (Å²) in [6.07, 6.45) is 0.239.